The lowest BCUT2D eigenvalue weighted by molar-refractivity contribution is -0.131. The number of thioether (sulfide) groups is 1. The normalized spacial score (nSPS) is 11.5. The summed E-state index contributed by atoms with van der Waals surface area (Å²) < 4.78 is 8.14. The lowest BCUT2D eigenvalue weighted by Gasteiger charge is -2.09. The van der Waals surface area contributed by atoms with Crippen LogP contribution >= 0.6 is 39.3 Å². The van der Waals surface area contributed by atoms with Crippen molar-refractivity contribution in [1.82, 2.24) is 14.8 Å². The van der Waals surface area contributed by atoms with Crippen LogP contribution in [-0.4, -0.2) is 32.4 Å². The number of carboxylic acid groups (broad SMARTS) is 1. The highest BCUT2D eigenvalue weighted by molar-refractivity contribution is 9.10. The first kappa shape index (κ1) is 22.4. The Hall–Kier alpha value is -2.29. The van der Waals surface area contributed by atoms with Gasteiger partial charge in [0.2, 0.25) is 0 Å². The van der Waals surface area contributed by atoms with Crippen LogP contribution in [0.25, 0.3) is 17.5 Å². The number of hydrogen-bond donors (Lipinski definition) is 1. The molecule has 1 aromatic heterocycles. The van der Waals surface area contributed by atoms with E-state index in [9.17, 15) is 9.90 Å². The van der Waals surface area contributed by atoms with E-state index in [2.05, 4.69) is 26.1 Å². The summed E-state index contributed by atoms with van der Waals surface area (Å²) in [7, 11) is 0. The molecule has 30 heavy (non-hydrogen) atoms. The van der Waals surface area contributed by atoms with Gasteiger partial charge in [-0.3, -0.25) is 0 Å². The minimum Gasteiger partial charge on any atom is -0.493 e. The summed E-state index contributed by atoms with van der Waals surface area (Å²) >= 11 is 10.5. The lowest BCUT2D eigenvalue weighted by Crippen LogP contribution is -2.02. The van der Waals surface area contributed by atoms with Gasteiger partial charge < -0.3 is 14.4 Å². The number of carboxylic acids is 1. The van der Waals surface area contributed by atoms with Gasteiger partial charge in [0.25, 0.3) is 0 Å². The summed E-state index contributed by atoms with van der Waals surface area (Å²) in [5.74, 6) is 0.325. The van der Waals surface area contributed by atoms with Crippen LogP contribution in [0.2, 0.25) is 5.02 Å². The van der Waals surface area contributed by atoms with Gasteiger partial charge >= 0.3 is 5.97 Å². The van der Waals surface area contributed by atoms with Crippen LogP contribution in [0.3, 0.4) is 0 Å². The summed E-state index contributed by atoms with van der Waals surface area (Å²) in [5.41, 5.74) is 1.59. The van der Waals surface area contributed by atoms with Crippen molar-refractivity contribution in [3.05, 3.63) is 62.4 Å². The fraction of sp³-hybridized carbons (Fsp3) is 0.190. The highest BCUT2D eigenvalue weighted by Crippen LogP contribution is 2.32. The third-order valence-corrected chi connectivity index (χ3v) is 5.97. The topological polar surface area (TPSA) is 77.2 Å². The summed E-state index contributed by atoms with van der Waals surface area (Å²) in [5, 5.41) is 19.3. The average Bonchev–Trinajstić information content (AvgIpc) is 3.12. The van der Waals surface area contributed by atoms with Gasteiger partial charge in [0, 0.05) is 17.1 Å². The number of ether oxygens (including phenoxy) is 1. The van der Waals surface area contributed by atoms with Gasteiger partial charge in [-0.15, -0.1) is 10.2 Å². The first-order chi connectivity index (χ1) is 14.4. The molecule has 0 amide bonds. The second-order valence-corrected chi connectivity index (χ2v) is 8.40. The van der Waals surface area contributed by atoms with Crippen molar-refractivity contribution in [2.24, 2.45) is 0 Å². The molecule has 6 nitrogen and oxygen atoms in total. The van der Waals surface area contributed by atoms with Crippen molar-refractivity contribution < 1.29 is 14.6 Å². The van der Waals surface area contributed by atoms with Crippen molar-refractivity contribution in [3.63, 3.8) is 0 Å². The predicted molar refractivity (Wildman–Crippen MR) is 123 cm³/mol. The van der Waals surface area contributed by atoms with E-state index in [1.807, 2.05) is 42.7 Å². The molecule has 1 N–H and O–H groups in total. The predicted octanol–water partition coefficient (Wildman–Crippen LogP) is 6.00. The second-order valence-electron chi connectivity index (χ2n) is 6.10. The molecule has 2 aromatic carbocycles. The SMILES string of the molecule is CCOc1ccc(/C=C(\Sc2nnc(-c3ccc(Cl)cc3)n2CC)C(=O)O)cc1Br. The van der Waals surface area contributed by atoms with Crippen LogP contribution in [0, 0.1) is 0 Å². The molecule has 3 aromatic rings. The van der Waals surface area contributed by atoms with E-state index in [4.69, 9.17) is 16.3 Å². The van der Waals surface area contributed by atoms with Crippen LogP contribution in [0.15, 0.2) is 57.0 Å². The zero-order valence-corrected chi connectivity index (χ0v) is 19.5. The quantitative estimate of drug-likeness (QED) is 0.297. The molecule has 0 atom stereocenters. The fourth-order valence-electron chi connectivity index (χ4n) is 2.73. The van der Waals surface area contributed by atoms with Crippen molar-refractivity contribution in [2.75, 3.05) is 6.61 Å². The average molecular weight is 509 g/mol. The zero-order valence-electron chi connectivity index (χ0n) is 16.3. The molecule has 0 fully saturated rings. The Balaban J connectivity index is 1.92. The van der Waals surface area contributed by atoms with Gasteiger partial charge in [0.05, 0.1) is 11.1 Å². The van der Waals surface area contributed by atoms with E-state index >= 15 is 0 Å². The number of hydrogen-bond acceptors (Lipinski definition) is 5. The maximum atomic E-state index is 11.9. The Morgan fingerprint density at radius 3 is 2.57 bits per heavy atom. The Kier molecular flexibility index (Phi) is 7.58. The van der Waals surface area contributed by atoms with E-state index in [0.717, 1.165) is 27.4 Å². The standard InChI is InChI=1S/C21H19BrClN3O3S/c1-3-26-19(14-6-8-15(23)9-7-14)24-25-21(26)30-18(20(27)28)12-13-5-10-17(29-4-2)16(22)11-13/h5-12H,3-4H2,1-2H3,(H,27,28)/b18-12-. The Morgan fingerprint density at radius 2 is 1.97 bits per heavy atom. The van der Waals surface area contributed by atoms with Crippen LogP contribution in [0.1, 0.15) is 19.4 Å². The first-order valence-electron chi connectivity index (χ1n) is 9.17. The Labute approximate surface area is 192 Å². The van der Waals surface area contributed by atoms with Crippen LogP contribution < -0.4 is 4.74 Å². The smallest absolute Gasteiger partial charge is 0.342 e. The monoisotopic (exact) mass is 507 g/mol. The number of rotatable bonds is 8. The van der Waals surface area contributed by atoms with E-state index in [0.29, 0.717) is 34.9 Å². The molecule has 0 bridgehead atoms. The molecule has 1 heterocycles. The molecule has 0 saturated heterocycles. The number of aromatic nitrogens is 3. The first-order valence-corrected chi connectivity index (χ1v) is 11.2. The third-order valence-electron chi connectivity index (χ3n) is 4.10. The number of aliphatic carboxylic acids is 1. The number of carbonyl (C=O) groups is 1. The molecule has 9 heteroatoms. The molecular formula is C21H19BrClN3O3S. The number of nitrogens with zero attached hydrogens (tertiary/aromatic N) is 3. The highest BCUT2D eigenvalue weighted by atomic mass is 79.9. The molecule has 3 rings (SSSR count). The van der Waals surface area contributed by atoms with Gasteiger partial charge in [0.1, 0.15) is 10.7 Å². The number of benzene rings is 2. The number of halogens is 2. The van der Waals surface area contributed by atoms with E-state index in [1.165, 1.54) is 0 Å². The summed E-state index contributed by atoms with van der Waals surface area (Å²) in [6.07, 6.45) is 1.60. The van der Waals surface area contributed by atoms with Gasteiger partial charge in [-0.05, 0) is 89.6 Å². The van der Waals surface area contributed by atoms with Crippen LogP contribution in [0.4, 0.5) is 0 Å². The van der Waals surface area contributed by atoms with Gasteiger partial charge in [-0.2, -0.15) is 0 Å². The molecule has 0 aliphatic carbocycles. The van der Waals surface area contributed by atoms with Crippen molar-refractivity contribution in [3.8, 4) is 17.1 Å². The van der Waals surface area contributed by atoms with Gasteiger partial charge in [0.15, 0.2) is 11.0 Å². The fourth-order valence-corrected chi connectivity index (χ4v) is 4.25. The zero-order chi connectivity index (χ0) is 21.7. The minimum atomic E-state index is -1.04. The molecule has 0 aliphatic heterocycles. The summed E-state index contributed by atoms with van der Waals surface area (Å²) in [6.45, 7) is 5.00. The molecule has 0 unspecified atom stereocenters. The van der Waals surface area contributed by atoms with Crippen LogP contribution in [-0.2, 0) is 11.3 Å². The summed E-state index contributed by atoms with van der Waals surface area (Å²) in [6, 6.07) is 12.7. The molecule has 0 saturated carbocycles. The van der Waals surface area contributed by atoms with Gasteiger partial charge in [-0.1, -0.05) is 17.7 Å². The summed E-state index contributed by atoms with van der Waals surface area (Å²) in [4.78, 5) is 12.0. The van der Waals surface area contributed by atoms with E-state index in [-0.39, 0.29) is 4.91 Å². The van der Waals surface area contributed by atoms with Crippen molar-refractivity contribution in [1.29, 1.82) is 0 Å². The molecule has 0 aliphatic rings. The Morgan fingerprint density at radius 1 is 1.23 bits per heavy atom. The van der Waals surface area contributed by atoms with Crippen LogP contribution in [0.5, 0.6) is 5.75 Å². The molecular weight excluding hydrogens is 490 g/mol. The molecule has 156 valence electrons. The largest absolute Gasteiger partial charge is 0.493 e. The Bertz CT molecular complexity index is 1080. The lowest BCUT2D eigenvalue weighted by atomic mass is 10.2. The second kappa shape index (κ2) is 10.1. The maximum absolute atomic E-state index is 11.9. The highest BCUT2D eigenvalue weighted by Gasteiger charge is 2.18. The van der Waals surface area contributed by atoms with Crippen molar-refractivity contribution >= 4 is 51.3 Å². The van der Waals surface area contributed by atoms with Gasteiger partial charge in [-0.25, -0.2) is 4.79 Å². The minimum absolute atomic E-state index is 0.135. The maximum Gasteiger partial charge on any atom is 0.342 e. The van der Waals surface area contributed by atoms with Crippen molar-refractivity contribution in [2.45, 2.75) is 25.5 Å². The van der Waals surface area contributed by atoms with E-state index < -0.39 is 5.97 Å². The molecule has 0 radical (unpaired) electrons. The van der Waals surface area contributed by atoms with E-state index in [1.54, 1.807) is 24.3 Å². The molecule has 0 spiro atoms. The third kappa shape index (κ3) is 5.24.